The van der Waals surface area contributed by atoms with Crippen molar-refractivity contribution >= 4 is 0 Å². The summed E-state index contributed by atoms with van der Waals surface area (Å²) in [7, 11) is 0. The fraction of sp³-hybridized carbons (Fsp3) is 0.167. The standard InChI is InChI=1S/C12H12N2O/c1-9-6-10(2)8-11(7-9)12-13-4-3-5-14(12)15/h3-8H,1-2H3. The number of nitrogens with zero attached hydrogens (tertiary/aromatic N) is 2. The zero-order valence-electron chi connectivity index (χ0n) is 8.77. The van der Waals surface area contributed by atoms with Crippen LogP contribution in [0.1, 0.15) is 11.1 Å². The fourth-order valence-electron chi connectivity index (χ4n) is 1.66. The average Bonchev–Trinajstić information content (AvgIpc) is 2.16. The van der Waals surface area contributed by atoms with Crippen LogP contribution in [0.15, 0.2) is 36.7 Å². The summed E-state index contributed by atoms with van der Waals surface area (Å²) in [6.07, 6.45) is 3.08. The van der Waals surface area contributed by atoms with E-state index in [-0.39, 0.29) is 0 Å². The molecule has 0 aliphatic heterocycles. The van der Waals surface area contributed by atoms with Gasteiger partial charge in [0.15, 0.2) is 0 Å². The van der Waals surface area contributed by atoms with Gasteiger partial charge in [-0.25, -0.2) is 4.73 Å². The third-order valence-electron chi connectivity index (χ3n) is 2.19. The topological polar surface area (TPSA) is 39.8 Å². The van der Waals surface area contributed by atoms with Crippen LogP contribution in [0.25, 0.3) is 11.4 Å². The smallest absolute Gasteiger partial charge is 0.333 e. The summed E-state index contributed by atoms with van der Waals surface area (Å²) in [5.74, 6) is 0.448. The van der Waals surface area contributed by atoms with Crippen LogP contribution in [-0.4, -0.2) is 4.98 Å². The van der Waals surface area contributed by atoms with Gasteiger partial charge in [-0.2, -0.15) is 0 Å². The third-order valence-corrected chi connectivity index (χ3v) is 2.19. The number of aryl methyl sites for hydroxylation is 2. The van der Waals surface area contributed by atoms with E-state index < -0.39 is 0 Å². The third kappa shape index (κ3) is 1.96. The lowest BCUT2D eigenvalue weighted by Gasteiger charge is -2.06. The lowest BCUT2D eigenvalue weighted by molar-refractivity contribution is -0.596. The summed E-state index contributed by atoms with van der Waals surface area (Å²) < 4.78 is 0.786. The van der Waals surface area contributed by atoms with Gasteiger partial charge < -0.3 is 5.21 Å². The summed E-state index contributed by atoms with van der Waals surface area (Å²) in [6, 6.07) is 7.62. The quantitative estimate of drug-likeness (QED) is 0.521. The molecule has 0 aliphatic rings. The second-order valence-corrected chi connectivity index (χ2v) is 3.65. The molecule has 0 aliphatic carbocycles. The first-order valence-corrected chi connectivity index (χ1v) is 4.79. The number of rotatable bonds is 1. The Labute approximate surface area is 88.6 Å². The maximum Gasteiger partial charge on any atom is 0.333 e. The first-order chi connectivity index (χ1) is 7.16. The van der Waals surface area contributed by atoms with Gasteiger partial charge in [-0.3, -0.25) is 0 Å². The Bertz CT molecular complexity index is 474. The van der Waals surface area contributed by atoms with E-state index in [2.05, 4.69) is 11.1 Å². The van der Waals surface area contributed by atoms with E-state index in [4.69, 9.17) is 0 Å². The van der Waals surface area contributed by atoms with Crippen molar-refractivity contribution in [1.82, 2.24) is 4.98 Å². The first kappa shape index (κ1) is 9.65. The molecule has 2 rings (SSSR count). The molecule has 0 unspecified atom stereocenters. The van der Waals surface area contributed by atoms with E-state index in [1.165, 1.54) is 6.20 Å². The van der Waals surface area contributed by atoms with Crippen molar-refractivity contribution in [2.24, 2.45) is 0 Å². The van der Waals surface area contributed by atoms with Crippen molar-refractivity contribution in [2.45, 2.75) is 13.8 Å². The summed E-state index contributed by atoms with van der Waals surface area (Å²) in [5, 5.41) is 11.5. The Kier molecular flexibility index (Phi) is 2.37. The maximum absolute atomic E-state index is 11.5. The molecular weight excluding hydrogens is 188 g/mol. The van der Waals surface area contributed by atoms with Crippen LogP contribution in [0, 0.1) is 19.1 Å². The van der Waals surface area contributed by atoms with Crippen LogP contribution in [0.5, 0.6) is 0 Å². The van der Waals surface area contributed by atoms with Crippen LogP contribution in [-0.2, 0) is 0 Å². The van der Waals surface area contributed by atoms with Crippen molar-refractivity contribution in [3.8, 4) is 11.4 Å². The first-order valence-electron chi connectivity index (χ1n) is 4.79. The monoisotopic (exact) mass is 200 g/mol. The van der Waals surface area contributed by atoms with Gasteiger partial charge in [-0.1, -0.05) is 6.07 Å². The van der Waals surface area contributed by atoms with Crippen LogP contribution in [0.2, 0.25) is 0 Å². The predicted octanol–water partition coefficient (Wildman–Crippen LogP) is 2.00. The van der Waals surface area contributed by atoms with Crippen LogP contribution in [0.4, 0.5) is 0 Å². The molecule has 1 heterocycles. The Hall–Kier alpha value is -1.90. The predicted molar refractivity (Wildman–Crippen MR) is 58.1 cm³/mol. The average molecular weight is 200 g/mol. The highest BCUT2D eigenvalue weighted by Gasteiger charge is 2.10. The molecule has 0 radical (unpaired) electrons. The van der Waals surface area contributed by atoms with E-state index in [0.29, 0.717) is 5.82 Å². The summed E-state index contributed by atoms with van der Waals surface area (Å²) >= 11 is 0. The highest BCUT2D eigenvalue weighted by Crippen LogP contribution is 2.16. The molecule has 0 bridgehead atoms. The molecule has 0 fully saturated rings. The molecule has 15 heavy (non-hydrogen) atoms. The molecule has 0 amide bonds. The van der Waals surface area contributed by atoms with Gasteiger partial charge in [0.25, 0.3) is 0 Å². The highest BCUT2D eigenvalue weighted by atomic mass is 16.5. The Morgan fingerprint density at radius 2 is 1.80 bits per heavy atom. The normalized spacial score (nSPS) is 10.3. The SMILES string of the molecule is Cc1cc(C)cc(-c2nccc[n+]2[O-])c1. The van der Waals surface area contributed by atoms with Gasteiger partial charge in [0.2, 0.25) is 0 Å². The van der Waals surface area contributed by atoms with Crippen LogP contribution in [0.3, 0.4) is 0 Å². The van der Waals surface area contributed by atoms with Gasteiger partial charge >= 0.3 is 5.82 Å². The minimum atomic E-state index is 0.448. The van der Waals surface area contributed by atoms with E-state index in [1.54, 1.807) is 12.3 Å². The number of hydrogen-bond donors (Lipinski definition) is 0. The minimum absolute atomic E-state index is 0.448. The van der Waals surface area contributed by atoms with Crippen LogP contribution >= 0.6 is 0 Å². The molecular formula is C12H12N2O. The molecule has 0 saturated carbocycles. The lowest BCUT2D eigenvalue weighted by Crippen LogP contribution is -2.29. The van der Waals surface area contributed by atoms with Gasteiger partial charge in [0, 0.05) is 6.07 Å². The Morgan fingerprint density at radius 3 is 2.40 bits per heavy atom. The van der Waals surface area contributed by atoms with Gasteiger partial charge in [0.1, 0.15) is 6.20 Å². The zero-order chi connectivity index (χ0) is 10.8. The largest absolute Gasteiger partial charge is 0.710 e. The molecule has 2 aromatic rings. The van der Waals surface area contributed by atoms with Crippen molar-refractivity contribution in [3.05, 3.63) is 53.0 Å². The molecule has 0 N–H and O–H groups in total. The molecule has 3 nitrogen and oxygen atoms in total. The molecule has 0 saturated heterocycles. The minimum Gasteiger partial charge on any atom is -0.710 e. The van der Waals surface area contributed by atoms with Crippen molar-refractivity contribution in [1.29, 1.82) is 0 Å². The van der Waals surface area contributed by atoms with E-state index in [0.717, 1.165) is 21.4 Å². The summed E-state index contributed by atoms with van der Waals surface area (Å²) in [5.41, 5.74) is 3.13. The van der Waals surface area contributed by atoms with E-state index >= 15 is 0 Å². The molecule has 1 aromatic heterocycles. The second kappa shape index (κ2) is 3.69. The number of benzene rings is 1. The van der Waals surface area contributed by atoms with Crippen molar-refractivity contribution < 1.29 is 4.73 Å². The molecule has 0 spiro atoms. The zero-order valence-corrected chi connectivity index (χ0v) is 8.77. The van der Waals surface area contributed by atoms with E-state index in [1.807, 2.05) is 26.0 Å². The van der Waals surface area contributed by atoms with Crippen molar-refractivity contribution in [3.63, 3.8) is 0 Å². The second-order valence-electron chi connectivity index (χ2n) is 3.65. The Morgan fingerprint density at radius 1 is 1.13 bits per heavy atom. The van der Waals surface area contributed by atoms with Gasteiger partial charge in [-0.15, -0.1) is 0 Å². The van der Waals surface area contributed by atoms with Gasteiger partial charge in [0.05, 0.1) is 11.8 Å². The highest BCUT2D eigenvalue weighted by molar-refractivity contribution is 5.54. The molecule has 76 valence electrons. The Balaban J connectivity index is 2.59. The van der Waals surface area contributed by atoms with Gasteiger partial charge in [-0.05, 0) is 42.1 Å². The molecule has 0 atom stereocenters. The fourth-order valence-corrected chi connectivity index (χ4v) is 1.66. The summed E-state index contributed by atoms with van der Waals surface area (Å²) in [4.78, 5) is 4.08. The maximum atomic E-state index is 11.5. The van der Waals surface area contributed by atoms with E-state index in [9.17, 15) is 5.21 Å². The lowest BCUT2D eigenvalue weighted by atomic mass is 10.1. The number of aromatic nitrogens is 2. The van der Waals surface area contributed by atoms with Crippen LogP contribution < -0.4 is 4.73 Å². The molecule has 3 heteroatoms. The van der Waals surface area contributed by atoms with Crippen molar-refractivity contribution in [2.75, 3.05) is 0 Å². The molecule has 1 aromatic carbocycles. The summed E-state index contributed by atoms with van der Waals surface area (Å²) in [6.45, 7) is 4.02. The number of hydrogen-bond acceptors (Lipinski definition) is 2.